The first-order chi connectivity index (χ1) is 14.1. The van der Waals surface area contributed by atoms with Gasteiger partial charge >= 0.3 is 0 Å². The van der Waals surface area contributed by atoms with Gasteiger partial charge in [-0.2, -0.15) is 4.98 Å². The molecule has 1 aromatic carbocycles. The lowest BCUT2D eigenvalue weighted by Crippen LogP contribution is -2.28. The van der Waals surface area contributed by atoms with E-state index in [4.69, 9.17) is 28.7 Å². The number of hydrogen-bond donors (Lipinski definition) is 7. The highest BCUT2D eigenvalue weighted by molar-refractivity contribution is 5.75. The Morgan fingerprint density at radius 3 is 1.87 bits per heavy atom. The number of aryl methyl sites for hydroxylation is 1. The van der Waals surface area contributed by atoms with Gasteiger partial charge in [-0.15, -0.1) is 10.2 Å². The minimum Gasteiger partial charge on any atom is -0.369 e. The second-order valence-electron chi connectivity index (χ2n) is 6.92. The molecule has 0 spiro atoms. The predicted octanol–water partition coefficient (Wildman–Crippen LogP) is -0.779. The number of hydrogen-bond acceptors (Lipinski definition) is 7. The van der Waals surface area contributed by atoms with Gasteiger partial charge in [-0.3, -0.25) is 10.9 Å². The van der Waals surface area contributed by atoms with Gasteiger partial charge in [0.2, 0.25) is 17.9 Å². The highest BCUT2D eigenvalue weighted by Crippen LogP contribution is 2.26. The van der Waals surface area contributed by atoms with Crippen molar-refractivity contribution >= 4 is 23.6 Å². The summed E-state index contributed by atoms with van der Waals surface area (Å²) < 4.78 is 1.78. The lowest BCUT2D eigenvalue weighted by atomic mass is 10.0. The van der Waals surface area contributed by atoms with Crippen LogP contribution in [-0.4, -0.2) is 21.5 Å². The molecule has 0 aliphatic carbocycles. The van der Waals surface area contributed by atoms with Crippen molar-refractivity contribution in [2.75, 3.05) is 5.73 Å². The summed E-state index contributed by atoms with van der Waals surface area (Å²) >= 11 is 0. The van der Waals surface area contributed by atoms with Gasteiger partial charge in [-0.25, -0.2) is 4.99 Å². The number of rotatable bonds is 7. The van der Waals surface area contributed by atoms with E-state index in [1.807, 2.05) is 52.1 Å². The van der Waals surface area contributed by atoms with Crippen molar-refractivity contribution in [2.45, 2.75) is 32.9 Å². The monoisotopic (exact) mass is 414 g/mol. The molecule has 1 aromatic heterocycles. The first kappa shape index (κ1) is 22.3. The molecule has 2 aromatic rings. The summed E-state index contributed by atoms with van der Waals surface area (Å²) in [4.78, 5) is 8.98. The largest absolute Gasteiger partial charge is 0.369 e. The molecule has 0 aliphatic heterocycles. The van der Waals surface area contributed by atoms with E-state index in [0.717, 1.165) is 16.8 Å². The lowest BCUT2D eigenvalue weighted by molar-refractivity contribution is 0.588. The zero-order valence-corrected chi connectivity index (χ0v) is 17.6. The summed E-state index contributed by atoms with van der Waals surface area (Å²) in [5.41, 5.74) is 37.3. The van der Waals surface area contributed by atoms with Crippen molar-refractivity contribution in [3.63, 3.8) is 0 Å². The summed E-state index contributed by atoms with van der Waals surface area (Å²) in [5, 5.41) is 7.74. The SMILES string of the molecule is Cc1cc(=Nc2cc(C(C)NN=C(N)N)cc(C(C)NN=C(N)N)c2)nc(N)n1C. The van der Waals surface area contributed by atoms with Gasteiger partial charge in [0.25, 0.3) is 0 Å². The van der Waals surface area contributed by atoms with Crippen molar-refractivity contribution in [2.24, 2.45) is 45.2 Å². The fourth-order valence-electron chi connectivity index (χ4n) is 2.59. The first-order valence-corrected chi connectivity index (χ1v) is 9.25. The van der Waals surface area contributed by atoms with Crippen LogP contribution in [0.2, 0.25) is 0 Å². The molecule has 2 atom stereocenters. The summed E-state index contributed by atoms with van der Waals surface area (Å²) in [6.45, 7) is 5.78. The summed E-state index contributed by atoms with van der Waals surface area (Å²) in [6, 6.07) is 7.28. The van der Waals surface area contributed by atoms with Gasteiger partial charge < -0.3 is 33.2 Å². The molecule has 12 heteroatoms. The predicted molar refractivity (Wildman–Crippen MR) is 119 cm³/mol. The number of anilines is 1. The Morgan fingerprint density at radius 1 is 0.933 bits per heavy atom. The molecule has 162 valence electrons. The zero-order chi connectivity index (χ0) is 22.4. The van der Waals surface area contributed by atoms with E-state index in [0.29, 0.717) is 17.1 Å². The Bertz CT molecular complexity index is 942. The van der Waals surface area contributed by atoms with Crippen molar-refractivity contribution in [1.82, 2.24) is 20.4 Å². The Kier molecular flexibility index (Phi) is 7.07. The molecule has 0 amide bonds. The van der Waals surface area contributed by atoms with E-state index < -0.39 is 0 Å². The van der Waals surface area contributed by atoms with Gasteiger partial charge in [0.15, 0.2) is 5.49 Å². The van der Waals surface area contributed by atoms with Crippen LogP contribution in [0, 0.1) is 6.92 Å². The molecule has 0 saturated carbocycles. The lowest BCUT2D eigenvalue weighted by Gasteiger charge is -2.17. The van der Waals surface area contributed by atoms with E-state index >= 15 is 0 Å². The molecule has 12 nitrogen and oxygen atoms in total. The molecule has 0 radical (unpaired) electrons. The topological polar surface area (TPSA) is 209 Å². The van der Waals surface area contributed by atoms with Crippen LogP contribution in [0.25, 0.3) is 0 Å². The minimum absolute atomic E-state index is 0.0574. The second kappa shape index (κ2) is 9.49. The van der Waals surface area contributed by atoms with Crippen molar-refractivity contribution in [3.8, 4) is 0 Å². The van der Waals surface area contributed by atoms with E-state index in [1.165, 1.54) is 0 Å². The van der Waals surface area contributed by atoms with Crippen LogP contribution in [0.5, 0.6) is 0 Å². The molecule has 2 unspecified atom stereocenters. The minimum atomic E-state index is -0.190. The number of nitrogen functional groups attached to an aromatic ring is 1. The van der Waals surface area contributed by atoms with Gasteiger partial charge in [0.05, 0.1) is 17.8 Å². The average Bonchev–Trinajstić information content (AvgIpc) is 2.67. The quantitative estimate of drug-likeness (QED) is 0.173. The number of guanidine groups is 2. The first-order valence-electron chi connectivity index (χ1n) is 9.25. The maximum Gasteiger partial charge on any atom is 0.208 e. The van der Waals surface area contributed by atoms with E-state index in [1.54, 1.807) is 4.57 Å². The summed E-state index contributed by atoms with van der Waals surface area (Å²) in [5.74, 6) is 0.256. The molecule has 1 heterocycles. The molecule has 0 bridgehead atoms. The number of benzene rings is 1. The normalized spacial score (nSPS) is 13.3. The van der Waals surface area contributed by atoms with Crippen molar-refractivity contribution < 1.29 is 0 Å². The number of aromatic nitrogens is 2. The summed E-state index contributed by atoms with van der Waals surface area (Å²) in [7, 11) is 1.84. The number of nitrogens with one attached hydrogen (secondary N) is 2. The van der Waals surface area contributed by atoms with Crippen molar-refractivity contribution in [3.05, 3.63) is 46.6 Å². The van der Waals surface area contributed by atoms with Crippen LogP contribution in [-0.2, 0) is 7.05 Å². The van der Waals surface area contributed by atoms with Crippen LogP contribution >= 0.6 is 0 Å². The molecular weight excluding hydrogens is 384 g/mol. The van der Waals surface area contributed by atoms with Crippen LogP contribution in [0.4, 0.5) is 11.6 Å². The van der Waals surface area contributed by atoms with Crippen LogP contribution < -0.4 is 45.0 Å². The second-order valence-corrected chi connectivity index (χ2v) is 6.92. The van der Waals surface area contributed by atoms with Crippen LogP contribution in [0.1, 0.15) is 42.8 Å². The Labute approximate surface area is 174 Å². The highest BCUT2D eigenvalue weighted by atomic mass is 15.3. The molecule has 0 saturated heterocycles. The van der Waals surface area contributed by atoms with Crippen LogP contribution in [0.15, 0.2) is 39.5 Å². The highest BCUT2D eigenvalue weighted by Gasteiger charge is 2.12. The fourth-order valence-corrected chi connectivity index (χ4v) is 2.59. The van der Waals surface area contributed by atoms with Gasteiger partial charge in [0, 0.05) is 18.8 Å². The number of hydrazone groups is 2. The van der Waals surface area contributed by atoms with Gasteiger partial charge in [-0.05, 0) is 44.0 Å². The Morgan fingerprint density at radius 2 is 1.43 bits per heavy atom. The molecule has 2 rings (SSSR count). The Hall–Kier alpha value is -3.96. The van der Waals surface area contributed by atoms with E-state index in [9.17, 15) is 0 Å². The fraction of sp³-hybridized carbons (Fsp3) is 0.333. The zero-order valence-electron chi connectivity index (χ0n) is 17.6. The molecule has 0 fully saturated rings. The smallest absolute Gasteiger partial charge is 0.208 e. The third-order valence-electron chi connectivity index (χ3n) is 4.42. The Balaban J connectivity index is 2.54. The van der Waals surface area contributed by atoms with Crippen molar-refractivity contribution in [1.29, 1.82) is 0 Å². The standard InChI is InChI=1S/C18H30N12/c1-9-5-15(25-18(23)30(9)4)24-14-7-12(10(2)26-28-16(19)20)6-13(8-14)11(3)27-29-17(21)22/h5-8,10-11,26-27H,1-4H3,(H4,19,20,28)(H4,21,22,29)(H2,23,24,25). The van der Waals surface area contributed by atoms with E-state index in [2.05, 4.69) is 31.0 Å². The van der Waals surface area contributed by atoms with Crippen LogP contribution in [0.3, 0.4) is 0 Å². The molecule has 0 aliphatic rings. The molecule has 12 N–H and O–H groups in total. The third kappa shape index (κ3) is 6.02. The van der Waals surface area contributed by atoms with Gasteiger partial charge in [-0.1, -0.05) is 6.07 Å². The molecular formula is C18H30N12. The maximum absolute atomic E-state index is 5.96. The number of nitrogens with zero attached hydrogens (tertiary/aromatic N) is 5. The van der Waals surface area contributed by atoms with E-state index in [-0.39, 0.29) is 24.0 Å². The summed E-state index contributed by atoms with van der Waals surface area (Å²) in [6.07, 6.45) is 0. The number of nitrogens with two attached hydrogens (primary N) is 5. The average molecular weight is 415 g/mol. The maximum atomic E-state index is 5.96. The third-order valence-corrected chi connectivity index (χ3v) is 4.42. The molecule has 30 heavy (non-hydrogen) atoms. The van der Waals surface area contributed by atoms with Gasteiger partial charge in [0.1, 0.15) is 0 Å².